The summed E-state index contributed by atoms with van der Waals surface area (Å²) in [5.74, 6) is -0.121. The lowest BCUT2D eigenvalue weighted by atomic mass is 10.0. The summed E-state index contributed by atoms with van der Waals surface area (Å²) in [6, 6.07) is 3.27. The van der Waals surface area contributed by atoms with E-state index in [0.717, 1.165) is 0 Å². The maximum Gasteiger partial charge on any atom is 0.294 e. The molecule has 0 unspecified atom stereocenters. The Bertz CT molecular complexity index is 865. The number of carbonyl (C=O) groups is 1. The third-order valence-corrected chi connectivity index (χ3v) is 4.12. The maximum atomic E-state index is 11.8. The van der Waals surface area contributed by atoms with Crippen LogP contribution < -0.4 is 0 Å². The molecule has 7 heteroatoms. The number of nitrogens with one attached hydrogen (secondary N) is 1. The van der Waals surface area contributed by atoms with Crippen LogP contribution in [0.15, 0.2) is 23.7 Å². The van der Waals surface area contributed by atoms with Gasteiger partial charge < -0.3 is 4.98 Å². The van der Waals surface area contributed by atoms with E-state index < -0.39 is 4.92 Å². The number of non-ortho nitro benzene ring substituents is 1. The highest BCUT2D eigenvalue weighted by Gasteiger charge is 2.22. The molecule has 21 heavy (non-hydrogen) atoms. The molecule has 2 aromatic heterocycles. The van der Waals surface area contributed by atoms with Crippen molar-refractivity contribution in [2.24, 2.45) is 0 Å². The Morgan fingerprint density at radius 3 is 2.76 bits per heavy atom. The Morgan fingerprint density at radius 1 is 1.43 bits per heavy atom. The summed E-state index contributed by atoms with van der Waals surface area (Å²) in [6.07, 6.45) is 1.64. The molecule has 0 fully saturated rings. The summed E-state index contributed by atoms with van der Waals surface area (Å²) >= 11 is 1.40. The standard InChI is InChI=1S/C14H11N3O3S/c1-7-12(8(2)18)10-5-9(14-15-3-4-21-14)6-11(17(19)20)13(10)16-7/h3-6,16H,1-2H3. The number of H-pyrrole nitrogens is 1. The van der Waals surface area contributed by atoms with E-state index in [1.54, 1.807) is 24.6 Å². The molecule has 0 atom stereocenters. The third-order valence-electron chi connectivity index (χ3n) is 3.30. The minimum atomic E-state index is -0.445. The minimum Gasteiger partial charge on any atom is -0.352 e. The first kappa shape index (κ1) is 13.4. The topological polar surface area (TPSA) is 88.9 Å². The van der Waals surface area contributed by atoms with E-state index in [2.05, 4.69) is 9.97 Å². The fourth-order valence-electron chi connectivity index (χ4n) is 2.49. The van der Waals surface area contributed by atoms with Crippen LogP contribution in [0.4, 0.5) is 5.69 Å². The molecule has 0 saturated heterocycles. The molecule has 0 saturated carbocycles. The average Bonchev–Trinajstić information content (AvgIpc) is 3.02. The zero-order valence-electron chi connectivity index (χ0n) is 11.3. The summed E-state index contributed by atoms with van der Waals surface area (Å²) < 4.78 is 0. The Kier molecular flexibility index (Phi) is 3.06. The molecule has 3 aromatic rings. The molecule has 2 heterocycles. The average molecular weight is 301 g/mol. The summed E-state index contributed by atoms with van der Waals surface area (Å²) in [4.78, 5) is 29.8. The smallest absolute Gasteiger partial charge is 0.294 e. The number of nitro groups is 1. The van der Waals surface area contributed by atoms with Crippen LogP contribution in [0.2, 0.25) is 0 Å². The van der Waals surface area contributed by atoms with Crippen molar-refractivity contribution in [2.75, 3.05) is 0 Å². The van der Waals surface area contributed by atoms with Gasteiger partial charge in [0.1, 0.15) is 10.5 Å². The maximum absolute atomic E-state index is 11.8. The highest BCUT2D eigenvalue weighted by Crippen LogP contribution is 2.35. The van der Waals surface area contributed by atoms with Gasteiger partial charge >= 0.3 is 0 Å². The van der Waals surface area contributed by atoms with Crippen molar-refractivity contribution in [1.82, 2.24) is 9.97 Å². The molecule has 1 aromatic carbocycles. The number of ketones is 1. The predicted octanol–water partition coefficient (Wildman–Crippen LogP) is 3.71. The Morgan fingerprint density at radius 2 is 2.19 bits per heavy atom. The third kappa shape index (κ3) is 2.11. The second-order valence-corrected chi connectivity index (χ2v) is 5.59. The van der Waals surface area contributed by atoms with Gasteiger partial charge in [-0.2, -0.15) is 0 Å². The van der Waals surface area contributed by atoms with E-state index in [4.69, 9.17) is 0 Å². The number of aromatic amines is 1. The van der Waals surface area contributed by atoms with Gasteiger partial charge in [-0.3, -0.25) is 14.9 Å². The number of nitro benzene ring substituents is 1. The van der Waals surface area contributed by atoms with Gasteiger partial charge in [0.05, 0.1) is 4.92 Å². The molecule has 6 nitrogen and oxygen atoms in total. The van der Waals surface area contributed by atoms with Crippen LogP contribution in [0.3, 0.4) is 0 Å². The van der Waals surface area contributed by atoms with Crippen molar-refractivity contribution < 1.29 is 9.72 Å². The summed E-state index contributed by atoms with van der Waals surface area (Å²) in [6.45, 7) is 3.20. The van der Waals surface area contributed by atoms with Crippen LogP contribution in [-0.4, -0.2) is 20.7 Å². The molecule has 0 bridgehead atoms. The molecule has 106 valence electrons. The van der Waals surface area contributed by atoms with Crippen molar-refractivity contribution in [3.63, 3.8) is 0 Å². The van der Waals surface area contributed by atoms with Gasteiger partial charge in [0.15, 0.2) is 5.78 Å². The summed E-state index contributed by atoms with van der Waals surface area (Å²) in [5.41, 5.74) is 2.10. The fourth-order valence-corrected chi connectivity index (χ4v) is 3.12. The lowest BCUT2D eigenvalue weighted by Crippen LogP contribution is -1.94. The highest BCUT2D eigenvalue weighted by atomic mass is 32.1. The van der Waals surface area contributed by atoms with Crippen LogP contribution in [0, 0.1) is 17.0 Å². The van der Waals surface area contributed by atoms with Gasteiger partial charge in [0.25, 0.3) is 5.69 Å². The van der Waals surface area contributed by atoms with Crippen LogP contribution in [0.25, 0.3) is 21.5 Å². The number of fused-ring (bicyclic) bond motifs is 1. The molecule has 3 rings (SSSR count). The lowest BCUT2D eigenvalue weighted by Gasteiger charge is -2.01. The van der Waals surface area contributed by atoms with E-state index in [1.807, 2.05) is 0 Å². The SMILES string of the molecule is CC(=O)c1c(C)[nH]c2c([N+](=O)[O-])cc(-c3nccs3)cc12. The van der Waals surface area contributed by atoms with Crippen molar-refractivity contribution in [2.45, 2.75) is 13.8 Å². The number of rotatable bonds is 3. The van der Waals surface area contributed by atoms with E-state index in [0.29, 0.717) is 32.7 Å². The van der Waals surface area contributed by atoms with Crippen LogP contribution in [-0.2, 0) is 0 Å². The van der Waals surface area contributed by atoms with Crippen molar-refractivity contribution in [3.8, 4) is 10.6 Å². The summed E-state index contributed by atoms with van der Waals surface area (Å²) in [7, 11) is 0. The minimum absolute atomic E-state index is 0.0479. The molecule has 0 aliphatic heterocycles. The quantitative estimate of drug-likeness (QED) is 0.453. The number of nitrogens with zero attached hydrogens (tertiary/aromatic N) is 2. The highest BCUT2D eigenvalue weighted by molar-refractivity contribution is 7.13. The molecular weight excluding hydrogens is 290 g/mol. The monoisotopic (exact) mass is 301 g/mol. The largest absolute Gasteiger partial charge is 0.352 e. The van der Waals surface area contributed by atoms with Crippen molar-refractivity contribution in [3.05, 3.63) is 45.1 Å². The van der Waals surface area contributed by atoms with Gasteiger partial charge in [-0.05, 0) is 19.9 Å². The Hall–Kier alpha value is -2.54. The van der Waals surface area contributed by atoms with Crippen LogP contribution in [0.1, 0.15) is 23.0 Å². The zero-order valence-corrected chi connectivity index (χ0v) is 12.2. The molecular formula is C14H11N3O3S. The number of benzene rings is 1. The Balaban J connectivity index is 2.41. The lowest BCUT2D eigenvalue weighted by molar-refractivity contribution is -0.383. The van der Waals surface area contributed by atoms with Gasteiger partial charge in [-0.15, -0.1) is 11.3 Å². The zero-order chi connectivity index (χ0) is 15.1. The van der Waals surface area contributed by atoms with Crippen molar-refractivity contribution in [1.29, 1.82) is 0 Å². The van der Waals surface area contributed by atoms with Gasteiger partial charge in [-0.1, -0.05) is 0 Å². The molecule has 0 radical (unpaired) electrons. The van der Waals surface area contributed by atoms with Gasteiger partial charge in [0.2, 0.25) is 0 Å². The van der Waals surface area contributed by atoms with Gasteiger partial charge in [0, 0.05) is 39.9 Å². The predicted molar refractivity (Wildman–Crippen MR) is 80.8 cm³/mol. The molecule has 0 spiro atoms. The summed E-state index contributed by atoms with van der Waals surface area (Å²) in [5, 5.41) is 14.4. The number of aryl methyl sites for hydroxylation is 1. The second-order valence-electron chi connectivity index (χ2n) is 4.69. The van der Waals surface area contributed by atoms with Gasteiger partial charge in [-0.25, -0.2) is 4.98 Å². The number of Topliss-reactive ketones (excluding diaryl/α,β-unsaturated/α-hetero) is 1. The van der Waals surface area contributed by atoms with Crippen LogP contribution in [0.5, 0.6) is 0 Å². The number of carbonyl (C=O) groups excluding carboxylic acids is 1. The molecule has 0 aliphatic carbocycles. The fraction of sp³-hybridized carbons (Fsp3) is 0.143. The number of thiazole rings is 1. The van der Waals surface area contributed by atoms with E-state index in [9.17, 15) is 14.9 Å². The van der Waals surface area contributed by atoms with Crippen molar-refractivity contribution >= 4 is 33.7 Å². The molecule has 1 N–H and O–H groups in total. The molecule has 0 aliphatic rings. The normalized spacial score (nSPS) is 11.0. The second kappa shape index (κ2) is 4.78. The first-order chi connectivity index (χ1) is 9.99. The molecule has 0 amide bonds. The van der Waals surface area contributed by atoms with Crippen LogP contribution >= 0.6 is 11.3 Å². The first-order valence-corrected chi connectivity index (χ1v) is 7.08. The number of aromatic nitrogens is 2. The number of hydrogen-bond donors (Lipinski definition) is 1. The number of hydrogen-bond acceptors (Lipinski definition) is 5. The van der Waals surface area contributed by atoms with E-state index in [-0.39, 0.29) is 11.5 Å². The van der Waals surface area contributed by atoms with E-state index >= 15 is 0 Å². The van der Waals surface area contributed by atoms with E-state index in [1.165, 1.54) is 24.3 Å². The Labute approximate surface area is 123 Å². The first-order valence-electron chi connectivity index (χ1n) is 6.20.